The van der Waals surface area contributed by atoms with Crippen molar-refractivity contribution < 1.29 is 4.52 Å². The van der Waals surface area contributed by atoms with Crippen molar-refractivity contribution in [3.05, 3.63) is 45.5 Å². The highest BCUT2D eigenvalue weighted by atomic mass is 35.5. The first-order valence-electron chi connectivity index (χ1n) is 7.01. The zero-order chi connectivity index (χ0) is 15.4. The Kier molecular flexibility index (Phi) is 5.62. The highest BCUT2D eigenvalue weighted by Crippen LogP contribution is 2.23. The van der Waals surface area contributed by atoms with Crippen LogP contribution in [0.25, 0.3) is 0 Å². The molecular formula is C15H19Cl2N3O. The standard InChI is InChI=1S/C15H19Cl2N3O/c1-4-18-10(3)9(2)15-19-14(20-21-15)7-11-5-6-12(16)8-13(11)17/h5-6,8-10,18H,4,7H2,1-3H3. The van der Waals surface area contributed by atoms with Crippen molar-refractivity contribution in [1.82, 2.24) is 15.5 Å². The van der Waals surface area contributed by atoms with E-state index in [0.717, 1.165) is 12.1 Å². The van der Waals surface area contributed by atoms with Gasteiger partial charge in [-0.25, -0.2) is 0 Å². The Morgan fingerprint density at radius 1 is 1.29 bits per heavy atom. The van der Waals surface area contributed by atoms with E-state index in [1.807, 2.05) is 6.07 Å². The van der Waals surface area contributed by atoms with E-state index in [0.29, 0.717) is 28.2 Å². The molecular weight excluding hydrogens is 309 g/mol. The van der Waals surface area contributed by atoms with Crippen molar-refractivity contribution in [3.8, 4) is 0 Å². The summed E-state index contributed by atoms with van der Waals surface area (Å²) in [7, 11) is 0. The summed E-state index contributed by atoms with van der Waals surface area (Å²) < 4.78 is 5.36. The second-order valence-electron chi connectivity index (χ2n) is 5.10. The van der Waals surface area contributed by atoms with E-state index in [1.165, 1.54) is 0 Å². The van der Waals surface area contributed by atoms with E-state index < -0.39 is 0 Å². The SMILES string of the molecule is CCNC(C)C(C)c1nc(Cc2ccc(Cl)cc2Cl)no1. The molecule has 2 aromatic rings. The van der Waals surface area contributed by atoms with Crippen molar-refractivity contribution in [2.24, 2.45) is 0 Å². The monoisotopic (exact) mass is 327 g/mol. The van der Waals surface area contributed by atoms with Gasteiger partial charge in [-0.15, -0.1) is 0 Å². The van der Waals surface area contributed by atoms with Gasteiger partial charge >= 0.3 is 0 Å². The molecule has 0 saturated carbocycles. The minimum atomic E-state index is 0.159. The molecule has 0 radical (unpaired) electrons. The highest BCUT2D eigenvalue weighted by molar-refractivity contribution is 6.35. The lowest BCUT2D eigenvalue weighted by Gasteiger charge is -2.16. The van der Waals surface area contributed by atoms with Gasteiger partial charge in [0.25, 0.3) is 0 Å². The predicted octanol–water partition coefficient (Wildman–Crippen LogP) is 4.07. The van der Waals surface area contributed by atoms with Crippen LogP contribution in [0, 0.1) is 0 Å². The lowest BCUT2D eigenvalue weighted by atomic mass is 10.0. The second-order valence-corrected chi connectivity index (χ2v) is 5.94. The number of aromatic nitrogens is 2. The average molecular weight is 328 g/mol. The summed E-state index contributed by atoms with van der Waals surface area (Å²) in [5.41, 5.74) is 0.931. The van der Waals surface area contributed by atoms with Crippen LogP contribution in [0.2, 0.25) is 10.0 Å². The molecule has 0 aliphatic heterocycles. The Morgan fingerprint density at radius 2 is 2.05 bits per heavy atom. The molecule has 1 heterocycles. The molecule has 0 fully saturated rings. The number of likely N-dealkylation sites (N-methyl/N-ethyl adjacent to an activating group) is 1. The first-order valence-corrected chi connectivity index (χ1v) is 7.76. The molecule has 2 rings (SSSR count). The Balaban J connectivity index is 2.09. The summed E-state index contributed by atoms with van der Waals surface area (Å²) in [5.74, 6) is 1.43. The molecule has 1 aromatic heterocycles. The van der Waals surface area contributed by atoms with Crippen LogP contribution >= 0.6 is 23.2 Å². The summed E-state index contributed by atoms with van der Waals surface area (Å²) in [6.45, 7) is 7.16. The van der Waals surface area contributed by atoms with E-state index >= 15 is 0 Å². The second kappa shape index (κ2) is 7.25. The zero-order valence-corrected chi connectivity index (χ0v) is 13.9. The van der Waals surface area contributed by atoms with Crippen LogP contribution in [0.5, 0.6) is 0 Å². The van der Waals surface area contributed by atoms with Crippen LogP contribution < -0.4 is 5.32 Å². The highest BCUT2D eigenvalue weighted by Gasteiger charge is 2.20. The molecule has 0 aliphatic carbocycles. The van der Waals surface area contributed by atoms with E-state index in [1.54, 1.807) is 12.1 Å². The van der Waals surface area contributed by atoms with Gasteiger partial charge in [0.1, 0.15) is 0 Å². The smallest absolute Gasteiger partial charge is 0.231 e. The molecule has 0 bridgehead atoms. The molecule has 6 heteroatoms. The van der Waals surface area contributed by atoms with Crippen molar-refractivity contribution in [3.63, 3.8) is 0 Å². The van der Waals surface area contributed by atoms with Gasteiger partial charge in [0.05, 0.1) is 5.92 Å². The third-order valence-electron chi connectivity index (χ3n) is 3.51. The minimum absolute atomic E-state index is 0.159. The van der Waals surface area contributed by atoms with Crippen LogP contribution in [0.3, 0.4) is 0 Å². The summed E-state index contributed by atoms with van der Waals surface area (Å²) in [6.07, 6.45) is 0.530. The Labute approximate surface area is 134 Å². The van der Waals surface area contributed by atoms with Gasteiger partial charge in [-0.05, 0) is 31.2 Å². The summed E-state index contributed by atoms with van der Waals surface area (Å²) >= 11 is 12.0. The van der Waals surface area contributed by atoms with Crippen molar-refractivity contribution in [1.29, 1.82) is 0 Å². The fourth-order valence-electron chi connectivity index (χ4n) is 2.07. The molecule has 0 spiro atoms. The lowest BCUT2D eigenvalue weighted by Crippen LogP contribution is -2.30. The van der Waals surface area contributed by atoms with E-state index in [2.05, 4.69) is 36.2 Å². The molecule has 4 nitrogen and oxygen atoms in total. The molecule has 1 N–H and O–H groups in total. The number of hydrogen-bond acceptors (Lipinski definition) is 4. The predicted molar refractivity (Wildman–Crippen MR) is 85.1 cm³/mol. The molecule has 2 atom stereocenters. The summed E-state index contributed by atoms with van der Waals surface area (Å²) in [6, 6.07) is 5.68. The average Bonchev–Trinajstić information content (AvgIpc) is 2.90. The molecule has 114 valence electrons. The number of nitrogens with zero attached hydrogens (tertiary/aromatic N) is 2. The topological polar surface area (TPSA) is 51.0 Å². The molecule has 1 aromatic carbocycles. The van der Waals surface area contributed by atoms with Crippen LogP contribution in [0.15, 0.2) is 22.7 Å². The molecule has 0 amide bonds. The zero-order valence-electron chi connectivity index (χ0n) is 12.4. The van der Waals surface area contributed by atoms with Gasteiger partial charge in [-0.1, -0.05) is 48.3 Å². The molecule has 0 saturated heterocycles. The first kappa shape index (κ1) is 16.3. The summed E-state index contributed by atoms with van der Waals surface area (Å²) in [5, 5.41) is 8.62. The van der Waals surface area contributed by atoms with Crippen LogP contribution in [0.1, 0.15) is 44.0 Å². The van der Waals surface area contributed by atoms with Gasteiger partial charge in [0.2, 0.25) is 5.89 Å². The third-order valence-corrected chi connectivity index (χ3v) is 4.10. The van der Waals surface area contributed by atoms with Crippen molar-refractivity contribution in [2.45, 2.75) is 39.2 Å². The van der Waals surface area contributed by atoms with Crippen molar-refractivity contribution in [2.75, 3.05) is 6.54 Å². The van der Waals surface area contributed by atoms with Gasteiger partial charge < -0.3 is 9.84 Å². The third kappa shape index (κ3) is 4.19. The maximum Gasteiger partial charge on any atom is 0.231 e. The molecule has 0 aliphatic rings. The van der Waals surface area contributed by atoms with Gasteiger partial charge in [0.15, 0.2) is 5.82 Å². The van der Waals surface area contributed by atoms with Crippen LogP contribution in [-0.2, 0) is 6.42 Å². The summed E-state index contributed by atoms with van der Waals surface area (Å²) in [4.78, 5) is 4.46. The molecule has 21 heavy (non-hydrogen) atoms. The minimum Gasteiger partial charge on any atom is -0.339 e. The number of halogens is 2. The van der Waals surface area contributed by atoms with E-state index in [4.69, 9.17) is 27.7 Å². The first-order chi connectivity index (χ1) is 10.0. The number of benzene rings is 1. The Hall–Kier alpha value is -1.10. The van der Waals surface area contributed by atoms with Gasteiger partial charge in [0, 0.05) is 22.5 Å². The normalized spacial score (nSPS) is 14.1. The van der Waals surface area contributed by atoms with Crippen LogP contribution in [-0.4, -0.2) is 22.7 Å². The number of nitrogens with one attached hydrogen (secondary N) is 1. The largest absolute Gasteiger partial charge is 0.339 e. The maximum absolute atomic E-state index is 6.16. The Morgan fingerprint density at radius 3 is 2.71 bits per heavy atom. The fraction of sp³-hybridized carbons (Fsp3) is 0.467. The fourth-order valence-corrected chi connectivity index (χ4v) is 2.55. The van der Waals surface area contributed by atoms with Crippen molar-refractivity contribution >= 4 is 23.2 Å². The lowest BCUT2D eigenvalue weighted by molar-refractivity contribution is 0.330. The number of hydrogen-bond donors (Lipinski definition) is 1. The van der Waals surface area contributed by atoms with Gasteiger partial charge in [-0.3, -0.25) is 0 Å². The maximum atomic E-state index is 6.16. The van der Waals surface area contributed by atoms with Gasteiger partial charge in [-0.2, -0.15) is 4.98 Å². The number of rotatable bonds is 6. The van der Waals surface area contributed by atoms with E-state index in [9.17, 15) is 0 Å². The Bertz CT molecular complexity index is 600. The molecule has 2 unspecified atom stereocenters. The van der Waals surface area contributed by atoms with E-state index in [-0.39, 0.29) is 12.0 Å². The quantitative estimate of drug-likeness (QED) is 0.868. The van der Waals surface area contributed by atoms with Crippen LogP contribution in [0.4, 0.5) is 0 Å².